The summed E-state index contributed by atoms with van der Waals surface area (Å²) in [5, 5.41) is 4.02. The molecule has 0 N–H and O–H groups in total. The molecule has 0 unspecified atom stereocenters. The number of hydrogen-bond acceptors (Lipinski definition) is 5. The highest BCUT2D eigenvalue weighted by molar-refractivity contribution is 6.17. The van der Waals surface area contributed by atoms with Crippen LogP contribution in [0, 0.1) is 0 Å². The summed E-state index contributed by atoms with van der Waals surface area (Å²) in [6.07, 6.45) is 2.12. The van der Waals surface area contributed by atoms with Crippen molar-refractivity contribution in [3.8, 4) is 0 Å². The molecule has 0 atom stereocenters. The van der Waals surface area contributed by atoms with E-state index < -0.39 is 5.60 Å². The van der Waals surface area contributed by atoms with Gasteiger partial charge in [0, 0.05) is 45.0 Å². The number of halogens is 1. The second-order valence-corrected chi connectivity index (χ2v) is 4.37. The number of aryl methyl sites for hydroxylation is 1. The summed E-state index contributed by atoms with van der Waals surface area (Å²) in [6.45, 7) is 3.93. The van der Waals surface area contributed by atoms with Crippen LogP contribution in [0.2, 0.25) is 0 Å². The highest BCUT2D eigenvalue weighted by Crippen LogP contribution is 2.34. The molecule has 1 aliphatic heterocycles. The molecule has 0 amide bonds. The molecule has 0 saturated carbocycles. The fraction of sp³-hybridized carbons (Fsp3) is 0.818. The maximum Gasteiger partial charge on any atom is 0.227 e. The Morgan fingerprint density at radius 2 is 2.18 bits per heavy atom. The van der Waals surface area contributed by atoms with Crippen LogP contribution in [0.1, 0.15) is 31.5 Å². The molecule has 0 bridgehead atoms. The highest BCUT2D eigenvalue weighted by atomic mass is 35.5. The quantitative estimate of drug-likeness (QED) is 0.757. The van der Waals surface area contributed by atoms with Gasteiger partial charge in [-0.2, -0.15) is 4.98 Å². The van der Waals surface area contributed by atoms with Gasteiger partial charge in [-0.3, -0.25) is 0 Å². The zero-order valence-corrected chi connectivity index (χ0v) is 10.7. The summed E-state index contributed by atoms with van der Waals surface area (Å²) in [5.74, 6) is 1.68. The van der Waals surface area contributed by atoms with Gasteiger partial charge in [0.15, 0.2) is 0 Å². The molecule has 2 heterocycles. The van der Waals surface area contributed by atoms with Crippen molar-refractivity contribution in [3.63, 3.8) is 0 Å². The summed E-state index contributed by atoms with van der Waals surface area (Å²) in [5.41, 5.74) is -0.443. The van der Waals surface area contributed by atoms with Crippen LogP contribution >= 0.6 is 11.6 Å². The first kappa shape index (κ1) is 12.8. The molecule has 0 radical (unpaired) electrons. The van der Waals surface area contributed by atoms with Crippen LogP contribution < -0.4 is 0 Å². The number of ether oxygens (including phenoxy) is 2. The average Bonchev–Trinajstić information content (AvgIpc) is 2.80. The molecule has 2 rings (SSSR count). The lowest BCUT2D eigenvalue weighted by Gasteiger charge is -2.33. The zero-order valence-electron chi connectivity index (χ0n) is 9.95. The number of aromatic nitrogens is 2. The molecular weight excluding hydrogens is 244 g/mol. The van der Waals surface area contributed by atoms with Gasteiger partial charge in [0.25, 0.3) is 0 Å². The normalized spacial score (nSPS) is 19.4. The molecule has 5 nitrogen and oxygen atoms in total. The van der Waals surface area contributed by atoms with Gasteiger partial charge < -0.3 is 14.0 Å². The number of rotatable bonds is 5. The summed E-state index contributed by atoms with van der Waals surface area (Å²) in [4.78, 5) is 4.37. The van der Waals surface area contributed by atoms with Crippen molar-refractivity contribution < 1.29 is 14.0 Å². The van der Waals surface area contributed by atoms with E-state index in [0.717, 1.165) is 12.8 Å². The molecule has 1 fully saturated rings. The molecular formula is C11H17ClN2O3. The van der Waals surface area contributed by atoms with E-state index >= 15 is 0 Å². The first-order valence-electron chi connectivity index (χ1n) is 5.91. The van der Waals surface area contributed by atoms with Crippen molar-refractivity contribution in [2.45, 2.75) is 31.8 Å². The predicted octanol–water partition coefficient (Wildman–Crippen LogP) is 1.89. The Kier molecular flexibility index (Phi) is 4.36. The van der Waals surface area contributed by atoms with Crippen LogP contribution in [0.4, 0.5) is 0 Å². The van der Waals surface area contributed by atoms with Crippen molar-refractivity contribution in [1.82, 2.24) is 10.1 Å². The number of nitrogens with zero attached hydrogens (tertiary/aromatic N) is 2. The smallest absolute Gasteiger partial charge is 0.227 e. The van der Waals surface area contributed by atoms with Crippen molar-refractivity contribution in [2.24, 2.45) is 0 Å². The predicted molar refractivity (Wildman–Crippen MR) is 62.1 cm³/mol. The maximum atomic E-state index is 5.85. The van der Waals surface area contributed by atoms with E-state index in [1.54, 1.807) is 0 Å². The third-order valence-electron chi connectivity index (χ3n) is 2.91. The molecule has 17 heavy (non-hydrogen) atoms. The maximum absolute atomic E-state index is 5.85. The fourth-order valence-electron chi connectivity index (χ4n) is 2.03. The third-order valence-corrected chi connectivity index (χ3v) is 3.09. The Labute approximate surface area is 105 Å². The van der Waals surface area contributed by atoms with Crippen LogP contribution in [-0.4, -0.2) is 35.8 Å². The summed E-state index contributed by atoms with van der Waals surface area (Å²) in [7, 11) is 0. The molecule has 1 saturated heterocycles. The minimum absolute atomic E-state index is 0.443. The Balaban J connectivity index is 2.18. The average molecular weight is 261 g/mol. The Morgan fingerprint density at radius 1 is 1.41 bits per heavy atom. The van der Waals surface area contributed by atoms with Crippen LogP contribution in [0.3, 0.4) is 0 Å². The minimum Gasteiger partial charge on any atom is -0.381 e. The fourth-order valence-corrected chi connectivity index (χ4v) is 2.19. The minimum atomic E-state index is -0.443. The summed E-state index contributed by atoms with van der Waals surface area (Å²) >= 11 is 5.65. The van der Waals surface area contributed by atoms with E-state index in [9.17, 15) is 0 Å². The second kappa shape index (κ2) is 5.80. The zero-order chi connectivity index (χ0) is 12.1. The summed E-state index contributed by atoms with van der Waals surface area (Å²) in [6, 6.07) is 0. The monoisotopic (exact) mass is 260 g/mol. The van der Waals surface area contributed by atoms with Gasteiger partial charge in [-0.1, -0.05) is 5.16 Å². The molecule has 6 heteroatoms. The van der Waals surface area contributed by atoms with E-state index in [0.29, 0.717) is 43.8 Å². The Bertz CT molecular complexity index is 345. The van der Waals surface area contributed by atoms with Gasteiger partial charge >= 0.3 is 0 Å². The van der Waals surface area contributed by atoms with E-state index in [1.807, 2.05) is 6.92 Å². The molecule has 96 valence electrons. The molecule has 0 aliphatic carbocycles. The van der Waals surface area contributed by atoms with Crippen LogP contribution in [0.5, 0.6) is 0 Å². The van der Waals surface area contributed by atoms with E-state index in [1.165, 1.54) is 0 Å². The molecule has 1 aliphatic rings. The molecule has 1 aromatic heterocycles. The van der Waals surface area contributed by atoms with Gasteiger partial charge in [-0.15, -0.1) is 11.6 Å². The third kappa shape index (κ3) is 2.78. The van der Waals surface area contributed by atoms with Gasteiger partial charge in [-0.25, -0.2) is 0 Å². The van der Waals surface area contributed by atoms with Crippen molar-refractivity contribution in [3.05, 3.63) is 11.7 Å². The standard InChI is InChI=1S/C11H17ClN2O3/c1-2-16-11(4-7-15-8-5-11)10-13-9(3-6-12)17-14-10/h2-8H2,1H3. The molecule has 1 aromatic rings. The van der Waals surface area contributed by atoms with Crippen LogP contribution in [0.15, 0.2) is 4.52 Å². The lowest BCUT2D eigenvalue weighted by atomic mass is 9.93. The first-order valence-corrected chi connectivity index (χ1v) is 6.45. The number of hydrogen-bond donors (Lipinski definition) is 0. The van der Waals surface area contributed by atoms with E-state index in [4.69, 9.17) is 25.6 Å². The second-order valence-electron chi connectivity index (χ2n) is 3.99. The van der Waals surface area contributed by atoms with E-state index in [2.05, 4.69) is 10.1 Å². The highest BCUT2D eigenvalue weighted by Gasteiger charge is 2.39. The SMILES string of the molecule is CCOC1(c2noc(CCCl)n2)CCOCC1. The van der Waals surface area contributed by atoms with Crippen LogP contribution in [-0.2, 0) is 21.5 Å². The largest absolute Gasteiger partial charge is 0.381 e. The number of alkyl halides is 1. The van der Waals surface area contributed by atoms with Crippen molar-refractivity contribution in [2.75, 3.05) is 25.7 Å². The lowest BCUT2D eigenvalue weighted by molar-refractivity contribution is -0.118. The lowest BCUT2D eigenvalue weighted by Crippen LogP contribution is -2.37. The molecule has 0 aromatic carbocycles. The summed E-state index contributed by atoms with van der Waals surface area (Å²) < 4.78 is 16.4. The first-order chi connectivity index (χ1) is 8.30. The van der Waals surface area contributed by atoms with Crippen molar-refractivity contribution in [1.29, 1.82) is 0 Å². The van der Waals surface area contributed by atoms with Gasteiger partial charge in [0.1, 0.15) is 5.60 Å². The molecule has 0 spiro atoms. The van der Waals surface area contributed by atoms with Gasteiger partial charge in [0.05, 0.1) is 0 Å². The van der Waals surface area contributed by atoms with Crippen LogP contribution in [0.25, 0.3) is 0 Å². The van der Waals surface area contributed by atoms with Crippen molar-refractivity contribution >= 4 is 11.6 Å². The Morgan fingerprint density at radius 3 is 2.82 bits per heavy atom. The Hall–Kier alpha value is -0.650. The van der Waals surface area contributed by atoms with Gasteiger partial charge in [-0.05, 0) is 6.92 Å². The van der Waals surface area contributed by atoms with Gasteiger partial charge in [0.2, 0.25) is 11.7 Å². The van der Waals surface area contributed by atoms with E-state index in [-0.39, 0.29) is 0 Å². The topological polar surface area (TPSA) is 57.4 Å².